The summed E-state index contributed by atoms with van der Waals surface area (Å²) in [7, 11) is 0. The number of hydrogen-bond acceptors (Lipinski definition) is 3. The van der Waals surface area contributed by atoms with E-state index in [0.29, 0.717) is 29.2 Å². The van der Waals surface area contributed by atoms with E-state index in [1.165, 1.54) is 12.8 Å². The molecule has 1 fully saturated rings. The van der Waals surface area contributed by atoms with E-state index < -0.39 is 0 Å². The first-order valence-corrected chi connectivity index (χ1v) is 11.4. The molecular weight excluding hydrogens is 438 g/mol. The third kappa shape index (κ3) is 5.54. The number of carbonyl (C=O) groups is 1. The summed E-state index contributed by atoms with van der Waals surface area (Å²) in [5.41, 5.74) is 0.688. The second kappa shape index (κ2) is 9.83. The van der Waals surface area contributed by atoms with Crippen molar-refractivity contribution in [2.45, 2.75) is 70.9 Å². The average Bonchev–Trinajstić information content (AvgIpc) is 2.66. The number of H-pyrrole nitrogens is 1. The molecular formula is C21H28BrN3O2S. The normalized spacial score (nSPS) is 19.6. The number of fused-ring (bicyclic) bond motifs is 1. The first-order chi connectivity index (χ1) is 13.4. The largest absolute Gasteiger partial charge is 0.353 e. The minimum atomic E-state index is -0.0654. The number of unbranched alkanes of at least 4 members (excludes halogenated alkanes) is 2. The van der Waals surface area contributed by atoms with Crippen molar-refractivity contribution < 1.29 is 4.79 Å². The lowest BCUT2D eigenvalue weighted by molar-refractivity contribution is -0.122. The maximum absolute atomic E-state index is 12.7. The molecule has 3 rings (SSSR count). The quantitative estimate of drug-likeness (QED) is 0.442. The van der Waals surface area contributed by atoms with Crippen molar-refractivity contribution in [1.82, 2.24) is 14.9 Å². The van der Waals surface area contributed by atoms with Crippen LogP contribution in [0.5, 0.6) is 0 Å². The maximum atomic E-state index is 12.7. The topological polar surface area (TPSA) is 66.9 Å². The molecule has 5 nitrogen and oxygen atoms in total. The molecule has 28 heavy (non-hydrogen) atoms. The van der Waals surface area contributed by atoms with E-state index in [4.69, 9.17) is 12.2 Å². The van der Waals surface area contributed by atoms with Crippen LogP contribution in [0, 0.1) is 10.7 Å². The Balaban J connectivity index is 1.46. The molecule has 0 aliphatic heterocycles. The van der Waals surface area contributed by atoms with Gasteiger partial charge in [0.1, 0.15) is 0 Å². The molecule has 2 aromatic rings. The molecule has 1 aliphatic carbocycles. The Morgan fingerprint density at radius 1 is 1.25 bits per heavy atom. The third-order valence-electron chi connectivity index (χ3n) is 5.61. The number of nitrogens with zero attached hydrogens (tertiary/aromatic N) is 1. The van der Waals surface area contributed by atoms with Crippen LogP contribution in [0.4, 0.5) is 0 Å². The van der Waals surface area contributed by atoms with Crippen molar-refractivity contribution in [2.24, 2.45) is 5.92 Å². The van der Waals surface area contributed by atoms with Gasteiger partial charge in [0.15, 0.2) is 4.77 Å². The molecule has 0 saturated heterocycles. The summed E-state index contributed by atoms with van der Waals surface area (Å²) in [6.07, 6.45) is 7.73. The van der Waals surface area contributed by atoms with Crippen LogP contribution in [-0.2, 0) is 11.3 Å². The Labute approximate surface area is 179 Å². The summed E-state index contributed by atoms with van der Waals surface area (Å²) >= 11 is 8.76. The van der Waals surface area contributed by atoms with Gasteiger partial charge in [0.2, 0.25) is 5.91 Å². The van der Waals surface area contributed by atoms with Gasteiger partial charge in [0, 0.05) is 23.5 Å². The van der Waals surface area contributed by atoms with Gasteiger partial charge in [0.25, 0.3) is 5.56 Å². The second-order valence-corrected chi connectivity index (χ2v) is 9.21. The number of aromatic amines is 1. The van der Waals surface area contributed by atoms with Crippen LogP contribution < -0.4 is 10.9 Å². The van der Waals surface area contributed by atoms with E-state index in [1.807, 2.05) is 18.2 Å². The number of amides is 1. The van der Waals surface area contributed by atoms with Crippen LogP contribution in [-0.4, -0.2) is 21.5 Å². The van der Waals surface area contributed by atoms with Crippen molar-refractivity contribution in [1.29, 1.82) is 0 Å². The summed E-state index contributed by atoms with van der Waals surface area (Å²) in [4.78, 5) is 28.0. The predicted molar refractivity (Wildman–Crippen MR) is 119 cm³/mol. The van der Waals surface area contributed by atoms with Crippen molar-refractivity contribution in [3.05, 3.63) is 37.8 Å². The number of halogens is 1. The Morgan fingerprint density at radius 3 is 2.75 bits per heavy atom. The summed E-state index contributed by atoms with van der Waals surface area (Å²) in [6, 6.07) is 5.91. The molecule has 1 saturated carbocycles. The highest BCUT2D eigenvalue weighted by Crippen LogP contribution is 2.23. The van der Waals surface area contributed by atoms with Crippen LogP contribution in [0.2, 0.25) is 0 Å². The van der Waals surface area contributed by atoms with Crippen LogP contribution in [0.25, 0.3) is 10.9 Å². The van der Waals surface area contributed by atoms with E-state index in [1.54, 1.807) is 4.57 Å². The minimum Gasteiger partial charge on any atom is -0.353 e. The van der Waals surface area contributed by atoms with Crippen LogP contribution in [0.3, 0.4) is 0 Å². The Kier molecular flexibility index (Phi) is 7.46. The van der Waals surface area contributed by atoms with E-state index in [2.05, 4.69) is 33.2 Å². The highest BCUT2D eigenvalue weighted by atomic mass is 79.9. The molecule has 2 N–H and O–H groups in total. The Hall–Kier alpha value is -1.47. The number of hydrogen-bond donors (Lipinski definition) is 2. The molecule has 0 atom stereocenters. The monoisotopic (exact) mass is 465 g/mol. The standard InChI is InChI=1S/C21H28BrN3O2S/c1-14-6-9-16(10-7-14)23-19(26)5-3-2-4-12-25-20(27)17-13-15(22)8-11-18(17)24-21(25)28/h8,11,13-14,16H,2-7,9-10,12H2,1H3,(H,23,26)(H,24,28). The van der Waals surface area contributed by atoms with Crippen molar-refractivity contribution in [3.8, 4) is 0 Å². The average molecular weight is 466 g/mol. The molecule has 152 valence electrons. The van der Waals surface area contributed by atoms with Crippen molar-refractivity contribution >= 4 is 45.0 Å². The summed E-state index contributed by atoms with van der Waals surface area (Å²) < 4.78 is 2.93. The van der Waals surface area contributed by atoms with Gasteiger partial charge in [0.05, 0.1) is 10.9 Å². The summed E-state index contributed by atoms with van der Waals surface area (Å²) in [5.74, 6) is 0.948. The molecule has 1 aromatic carbocycles. The molecule has 0 spiro atoms. The molecule has 0 unspecified atom stereocenters. The number of nitrogens with one attached hydrogen (secondary N) is 2. The summed E-state index contributed by atoms with van der Waals surface area (Å²) in [5, 5.41) is 3.80. The zero-order chi connectivity index (χ0) is 20.1. The number of carbonyl (C=O) groups excluding carboxylic acids is 1. The predicted octanol–water partition coefficient (Wildman–Crippen LogP) is 5.08. The molecule has 0 bridgehead atoms. The van der Waals surface area contributed by atoms with E-state index in [9.17, 15) is 9.59 Å². The first-order valence-electron chi connectivity index (χ1n) is 10.2. The zero-order valence-corrected chi connectivity index (χ0v) is 18.7. The van der Waals surface area contributed by atoms with Crippen molar-refractivity contribution in [3.63, 3.8) is 0 Å². The lowest BCUT2D eigenvalue weighted by atomic mass is 9.87. The first kappa shape index (κ1) is 21.2. The minimum absolute atomic E-state index is 0.0654. The van der Waals surface area contributed by atoms with E-state index >= 15 is 0 Å². The van der Waals surface area contributed by atoms with Gasteiger partial charge >= 0.3 is 0 Å². The van der Waals surface area contributed by atoms with E-state index in [-0.39, 0.29) is 11.5 Å². The van der Waals surface area contributed by atoms with Crippen molar-refractivity contribution in [2.75, 3.05) is 0 Å². The molecule has 1 aromatic heterocycles. The Morgan fingerprint density at radius 2 is 2.00 bits per heavy atom. The van der Waals surface area contributed by atoms with Gasteiger partial charge in [-0.25, -0.2) is 0 Å². The Bertz CT molecular complexity index is 945. The lowest BCUT2D eigenvalue weighted by Gasteiger charge is -2.26. The highest BCUT2D eigenvalue weighted by molar-refractivity contribution is 9.10. The van der Waals surface area contributed by atoms with Crippen LogP contribution in [0.1, 0.15) is 58.3 Å². The molecule has 1 amide bonds. The highest BCUT2D eigenvalue weighted by Gasteiger charge is 2.19. The second-order valence-electron chi connectivity index (χ2n) is 7.91. The lowest BCUT2D eigenvalue weighted by Crippen LogP contribution is -2.37. The van der Waals surface area contributed by atoms with E-state index in [0.717, 1.165) is 48.0 Å². The smallest absolute Gasteiger partial charge is 0.262 e. The third-order valence-corrected chi connectivity index (χ3v) is 6.43. The van der Waals surface area contributed by atoms with Gasteiger partial charge in [-0.05, 0) is 74.9 Å². The SMILES string of the molecule is CC1CCC(NC(=O)CCCCCn2c(=S)[nH]c3ccc(Br)cc3c2=O)CC1. The van der Waals surface area contributed by atoms with Gasteiger partial charge in [-0.3, -0.25) is 14.2 Å². The fourth-order valence-corrected chi connectivity index (χ4v) is 4.51. The van der Waals surface area contributed by atoms with Crippen LogP contribution in [0.15, 0.2) is 27.5 Å². The van der Waals surface area contributed by atoms with Gasteiger partial charge < -0.3 is 10.3 Å². The molecule has 7 heteroatoms. The zero-order valence-electron chi connectivity index (χ0n) is 16.3. The number of aromatic nitrogens is 2. The maximum Gasteiger partial charge on any atom is 0.262 e. The van der Waals surface area contributed by atoms with Gasteiger partial charge in [-0.15, -0.1) is 0 Å². The number of rotatable bonds is 7. The fraction of sp³-hybridized carbons (Fsp3) is 0.571. The van der Waals surface area contributed by atoms with Crippen LogP contribution >= 0.6 is 28.1 Å². The van der Waals surface area contributed by atoms with Gasteiger partial charge in [-0.2, -0.15) is 0 Å². The summed E-state index contributed by atoms with van der Waals surface area (Å²) in [6.45, 7) is 2.85. The molecule has 1 heterocycles. The number of benzene rings is 1. The fourth-order valence-electron chi connectivity index (χ4n) is 3.86. The molecule has 1 aliphatic rings. The van der Waals surface area contributed by atoms with Gasteiger partial charge in [-0.1, -0.05) is 29.3 Å². The molecule has 0 radical (unpaired) electrons.